The molecule has 0 unspecified atom stereocenters. The van der Waals surface area contributed by atoms with E-state index in [1.807, 2.05) is 78.9 Å². The lowest BCUT2D eigenvalue weighted by molar-refractivity contribution is 0.102. The number of Topliss-reactive ketones (excluding diaryl/α,β-unsaturated/α-hetero) is 1. The molecule has 7 nitrogen and oxygen atoms in total. The number of hydrogen-bond donors (Lipinski definition) is 0. The van der Waals surface area contributed by atoms with Crippen LogP contribution in [0.2, 0.25) is 0 Å². The summed E-state index contributed by atoms with van der Waals surface area (Å²) < 4.78 is 8.94. The van der Waals surface area contributed by atoms with Crippen molar-refractivity contribution in [2.75, 3.05) is 12.9 Å². The zero-order chi connectivity index (χ0) is 24.5. The molecule has 176 valence electrons. The van der Waals surface area contributed by atoms with E-state index in [2.05, 4.69) is 10.2 Å². The van der Waals surface area contributed by atoms with E-state index >= 15 is 0 Å². The van der Waals surface area contributed by atoms with Crippen molar-refractivity contribution in [1.29, 1.82) is 0 Å². The Hall–Kier alpha value is -3.91. The predicted molar refractivity (Wildman–Crippen MR) is 138 cm³/mol. The number of ketones is 1. The van der Waals surface area contributed by atoms with Gasteiger partial charge >= 0.3 is 0 Å². The van der Waals surface area contributed by atoms with Crippen LogP contribution in [0.5, 0.6) is 5.75 Å². The first-order valence-electron chi connectivity index (χ1n) is 11.2. The minimum Gasteiger partial charge on any atom is -0.496 e. The van der Waals surface area contributed by atoms with Crippen LogP contribution >= 0.6 is 11.8 Å². The average Bonchev–Trinajstić information content (AvgIpc) is 3.29. The van der Waals surface area contributed by atoms with Gasteiger partial charge in [0, 0.05) is 11.1 Å². The van der Waals surface area contributed by atoms with Crippen LogP contribution in [-0.4, -0.2) is 37.8 Å². The molecule has 5 rings (SSSR count). The van der Waals surface area contributed by atoms with Crippen LogP contribution in [0.3, 0.4) is 0 Å². The fourth-order valence-electron chi connectivity index (χ4n) is 4.31. The molecule has 5 aromatic rings. The number of benzene rings is 3. The maximum atomic E-state index is 13.5. The second-order valence-corrected chi connectivity index (χ2v) is 9.31. The van der Waals surface area contributed by atoms with Gasteiger partial charge in [-0.2, -0.15) is 0 Å². The normalized spacial score (nSPS) is 11.3. The first kappa shape index (κ1) is 22.9. The fourth-order valence-corrected chi connectivity index (χ4v) is 5.13. The third kappa shape index (κ3) is 4.21. The SMILES string of the molecule is COc1ccccc1Cn1c(=O)c2ccccc2n2c(SCC(=O)c3ccc(C)cc3C)nnc12. The molecule has 0 bridgehead atoms. The molecule has 2 aromatic heterocycles. The molecule has 0 radical (unpaired) electrons. The van der Waals surface area contributed by atoms with Gasteiger partial charge in [0.2, 0.25) is 5.78 Å². The van der Waals surface area contributed by atoms with Gasteiger partial charge < -0.3 is 4.74 Å². The number of carbonyl (C=O) groups is 1. The van der Waals surface area contributed by atoms with Gasteiger partial charge in [-0.15, -0.1) is 10.2 Å². The van der Waals surface area contributed by atoms with E-state index in [9.17, 15) is 9.59 Å². The molecule has 35 heavy (non-hydrogen) atoms. The van der Waals surface area contributed by atoms with Crippen LogP contribution in [0.25, 0.3) is 16.7 Å². The fraction of sp³-hybridized carbons (Fsp3) is 0.185. The van der Waals surface area contributed by atoms with E-state index in [0.29, 0.717) is 33.1 Å². The zero-order valence-corrected chi connectivity index (χ0v) is 20.5. The van der Waals surface area contributed by atoms with Crippen LogP contribution in [-0.2, 0) is 6.54 Å². The van der Waals surface area contributed by atoms with Crippen molar-refractivity contribution in [2.45, 2.75) is 25.5 Å². The largest absolute Gasteiger partial charge is 0.496 e. The lowest BCUT2D eigenvalue weighted by Crippen LogP contribution is -2.24. The number of hydrogen-bond acceptors (Lipinski definition) is 6. The van der Waals surface area contributed by atoms with E-state index in [-0.39, 0.29) is 23.6 Å². The number of aromatic nitrogens is 4. The Morgan fingerprint density at radius 1 is 1.00 bits per heavy atom. The van der Waals surface area contributed by atoms with E-state index < -0.39 is 0 Å². The molecular formula is C27H24N4O3S. The van der Waals surface area contributed by atoms with Gasteiger partial charge in [0.05, 0.1) is 30.3 Å². The summed E-state index contributed by atoms with van der Waals surface area (Å²) in [5, 5.41) is 9.84. The Morgan fingerprint density at radius 3 is 2.57 bits per heavy atom. The quantitative estimate of drug-likeness (QED) is 0.246. The summed E-state index contributed by atoms with van der Waals surface area (Å²) in [7, 11) is 1.61. The Balaban J connectivity index is 1.58. The highest BCUT2D eigenvalue weighted by Crippen LogP contribution is 2.25. The molecule has 0 saturated heterocycles. The zero-order valence-electron chi connectivity index (χ0n) is 19.7. The second-order valence-electron chi connectivity index (χ2n) is 8.37. The van der Waals surface area contributed by atoms with Crippen molar-refractivity contribution in [2.24, 2.45) is 0 Å². The Kier molecular flexibility index (Phi) is 6.13. The van der Waals surface area contributed by atoms with E-state index in [1.54, 1.807) is 17.7 Å². The van der Waals surface area contributed by atoms with Gasteiger partial charge in [-0.25, -0.2) is 0 Å². The number of ether oxygens (including phenoxy) is 1. The van der Waals surface area contributed by atoms with E-state index in [4.69, 9.17) is 4.74 Å². The minimum absolute atomic E-state index is 0.0240. The number of aryl methyl sites for hydroxylation is 2. The topological polar surface area (TPSA) is 78.5 Å². The van der Waals surface area contributed by atoms with Crippen LogP contribution in [0.1, 0.15) is 27.0 Å². The standard InChI is InChI=1S/C27H24N4O3S/c1-17-12-13-20(18(2)14-17)23(32)16-35-27-29-28-26-30(15-19-8-4-7-11-24(19)34-3)25(33)21-9-5-6-10-22(21)31(26)27/h4-14H,15-16H2,1-3H3. The molecule has 0 atom stereocenters. The summed E-state index contributed by atoms with van der Waals surface area (Å²) >= 11 is 1.32. The molecule has 0 aliphatic heterocycles. The molecule has 0 saturated carbocycles. The highest BCUT2D eigenvalue weighted by molar-refractivity contribution is 7.99. The Labute approximate surface area is 206 Å². The highest BCUT2D eigenvalue weighted by atomic mass is 32.2. The van der Waals surface area contributed by atoms with Crippen molar-refractivity contribution >= 4 is 34.2 Å². The summed E-state index contributed by atoms with van der Waals surface area (Å²) in [4.78, 5) is 26.4. The first-order chi connectivity index (χ1) is 17.0. The predicted octanol–water partition coefficient (Wildman–Crippen LogP) is 4.69. The van der Waals surface area contributed by atoms with E-state index in [0.717, 1.165) is 16.7 Å². The van der Waals surface area contributed by atoms with Crippen molar-refractivity contribution in [3.63, 3.8) is 0 Å². The van der Waals surface area contributed by atoms with Crippen LogP contribution in [0.15, 0.2) is 76.7 Å². The molecule has 0 aliphatic carbocycles. The lowest BCUT2D eigenvalue weighted by Gasteiger charge is -2.13. The third-order valence-corrected chi connectivity index (χ3v) is 6.94. The van der Waals surface area contributed by atoms with Crippen LogP contribution in [0.4, 0.5) is 0 Å². The van der Waals surface area contributed by atoms with Gasteiger partial charge in [-0.05, 0) is 37.6 Å². The van der Waals surface area contributed by atoms with Gasteiger partial charge in [0.1, 0.15) is 5.75 Å². The second kappa shape index (κ2) is 9.38. The summed E-state index contributed by atoms with van der Waals surface area (Å²) in [6.07, 6.45) is 0. The summed E-state index contributed by atoms with van der Waals surface area (Å²) in [6.45, 7) is 4.23. The van der Waals surface area contributed by atoms with Crippen molar-refractivity contribution < 1.29 is 9.53 Å². The molecule has 8 heteroatoms. The average molecular weight is 485 g/mol. The van der Waals surface area contributed by atoms with Gasteiger partial charge in [0.25, 0.3) is 5.56 Å². The Morgan fingerprint density at radius 2 is 1.77 bits per heavy atom. The lowest BCUT2D eigenvalue weighted by atomic mass is 10.0. The summed E-state index contributed by atoms with van der Waals surface area (Å²) in [5.41, 5.74) is 4.18. The molecule has 0 amide bonds. The Bertz CT molecular complexity index is 1640. The molecule has 0 fully saturated rings. The number of carbonyl (C=O) groups excluding carboxylic acids is 1. The van der Waals surface area contributed by atoms with Gasteiger partial charge in [-0.1, -0.05) is 65.9 Å². The third-order valence-electron chi connectivity index (χ3n) is 6.01. The van der Waals surface area contributed by atoms with Gasteiger partial charge in [0.15, 0.2) is 10.9 Å². The molecular weight excluding hydrogens is 460 g/mol. The molecule has 3 aromatic carbocycles. The molecule has 0 spiro atoms. The van der Waals surface area contributed by atoms with Crippen LogP contribution < -0.4 is 10.3 Å². The number of thioether (sulfide) groups is 1. The molecule has 2 heterocycles. The number of para-hydroxylation sites is 2. The first-order valence-corrected chi connectivity index (χ1v) is 12.2. The maximum absolute atomic E-state index is 13.5. The van der Waals surface area contributed by atoms with Crippen molar-refractivity contribution in [1.82, 2.24) is 19.2 Å². The minimum atomic E-state index is -0.158. The summed E-state index contributed by atoms with van der Waals surface area (Å²) in [5.74, 6) is 1.35. The van der Waals surface area contributed by atoms with E-state index in [1.165, 1.54) is 11.8 Å². The number of fused-ring (bicyclic) bond motifs is 3. The highest BCUT2D eigenvalue weighted by Gasteiger charge is 2.19. The monoisotopic (exact) mass is 484 g/mol. The van der Waals surface area contributed by atoms with Crippen LogP contribution in [0, 0.1) is 13.8 Å². The van der Waals surface area contributed by atoms with Crippen molar-refractivity contribution in [3.8, 4) is 5.75 Å². The van der Waals surface area contributed by atoms with Gasteiger partial charge in [-0.3, -0.25) is 18.6 Å². The molecule has 0 aliphatic rings. The summed E-state index contributed by atoms with van der Waals surface area (Å²) in [6, 6.07) is 20.8. The maximum Gasteiger partial charge on any atom is 0.263 e. The number of rotatable bonds is 7. The number of methoxy groups -OCH3 is 1. The van der Waals surface area contributed by atoms with Crippen molar-refractivity contribution in [3.05, 3.63) is 99.3 Å². The molecule has 0 N–H and O–H groups in total. The number of nitrogens with zero attached hydrogens (tertiary/aromatic N) is 4. The smallest absolute Gasteiger partial charge is 0.263 e.